The van der Waals surface area contributed by atoms with Gasteiger partial charge in [0.1, 0.15) is 0 Å². The first kappa shape index (κ1) is 15.1. The first-order valence-electron chi connectivity index (χ1n) is 5.34. The van der Waals surface area contributed by atoms with Crippen molar-refractivity contribution in [3.8, 4) is 0 Å². The Bertz CT molecular complexity index is 426. The third-order valence-corrected chi connectivity index (χ3v) is 3.69. The molecule has 6 nitrogen and oxygen atoms in total. The van der Waals surface area contributed by atoms with Gasteiger partial charge < -0.3 is 10.0 Å². The lowest BCUT2D eigenvalue weighted by Crippen LogP contribution is -2.56. The Hall–Kier alpha value is -0.960. The van der Waals surface area contributed by atoms with Crippen LogP contribution in [0.5, 0.6) is 0 Å². The second kappa shape index (κ2) is 4.96. The number of halogens is 2. The molecule has 18 heavy (non-hydrogen) atoms. The van der Waals surface area contributed by atoms with Crippen LogP contribution in [0.2, 0.25) is 0 Å². The summed E-state index contributed by atoms with van der Waals surface area (Å²) >= 11 is 0. The van der Waals surface area contributed by atoms with Gasteiger partial charge in [0.25, 0.3) is 5.92 Å². The molecule has 0 aromatic carbocycles. The average Bonchev–Trinajstić information content (AvgIpc) is 2.18. The highest BCUT2D eigenvalue weighted by molar-refractivity contribution is 7.88. The summed E-state index contributed by atoms with van der Waals surface area (Å²) in [7, 11) is -3.58. The molecule has 2 N–H and O–H groups in total. The Morgan fingerprint density at radius 3 is 2.50 bits per heavy atom. The lowest BCUT2D eigenvalue weighted by molar-refractivity contribution is -0.136. The summed E-state index contributed by atoms with van der Waals surface area (Å²) in [5, 5.41) is 8.81. The minimum Gasteiger partial charge on any atom is -0.465 e. The fraction of sp³-hybridized carbons (Fsp3) is 0.889. The van der Waals surface area contributed by atoms with Gasteiger partial charge in [0.05, 0.1) is 12.2 Å². The van der Waals surface area contributed by atoms with Crippen LogP contribution in [0.4, 0.5) is 13.6 Å². The van der Waals surface area contributed by atoms with E-state index in [0.717, 1.165) is 11.2 Å². The fourth-order valence-electron chi connectivity index (χ4n) is 1.93. The Balaban J connectivity index is 2.80. The second-order valence-corrected chi connectivity index (χ2v) is 6.41. The Morgan fingerprint density at radius 1 is 1.50 bits per heavy atom. The number of nitrogens with zero attached hydrogens (tertiary/aromatic N) is 1. The number of hydrogen-bond acceptors (Lipinski definition) is 3. The number of hydrogen-bond donors (Lipinski definition) is 2. The second-order valence-electron chi connectivity index (χ2n) is 4.58. The first-order valence-corrected chi connectivity index (χ1v) is 7.23. The van der Waals surface area contributed by atoms with Gasteiger partial charge in [-0.05, 0) is 0 Å². The molecule has 0 aliphatic carbocycles. The number of rotatable bonds is 3. The van der Waals surface area contributed by atoms with Crippen LogP contribution >= 0.6 is 0 Å². The summed E-state index contributed by atoms with van der Waals surface area (Å²) in [6.07, 6.45) is -0.409. The molecule has 1 fully saturated rings. The van der Waals surface area contributed by atoms with Crippen LogP contribution in [0.25, 0.3) is 0 Å². The van der Waals surface area contributed by atoms with Crippen molar-refractivity contribution in [1.29, 1.82) is 0 Å². The zero-order valence-electron chi connectivity index (χ0n) is 10.1. The molecule has 0 saturated carbocycles. The molecule has 1 aliphatic heterocycles. The van der Waals surface area contributed by atoms with Crippen molar-refractivity contribution in [3.05, 3.63) is 0 Å². The number of amides is 1. The van der Waals surface area contributed by atoms with Crippen LogP contribution < -0.4 is 4.72 Å². The summed E-state index contributed by atoms with van der Waals surface area (Å²) in [6.45, 7) is 0.148. The van der Waals surface area contributed by atoms with Crippen molar-refractivity contribution in [2.24, 2.45) is 11.8 Å². The molecule has 0 radical (unpaired) electrons. The molecule has 1 aliphatic rings. The zero-order chi connectivity index (χ0) is 14.1. The molecular weight excluding hydrogens is 270 g/mol. The van der Waals surface area contributed by atoms with E-state index >= 15 is 0 Å². The van der Waals surface area contributed by atoms with Crippen molar-refractivity contribution in [2.75, 3.05) is 25.9 Å². The highest BCUT2D eigenvalue weighted by atomic mass is 32.2. The molecule has 1 saturated heterocycles. The molecule has 1 heterocycles. The van der Waals surface area contributed by atoms with Gasteiger partial charge in [-0.15, -0.1) is 0 Å². The van der Waals surface area contributed by atoms with Gasteiger partial charge in [-0.25, -0.2) is 26.7 Å². The van der Waals surface area contributed by atoms with E-state index in [4.69, 9.17) is 5.11 Å². The Labute approximate surface area is 104 Å². The van der Waals surface area contributed by atoms with E-state index in [-0.39, 0.29) is 13.1 Å². The third kappa shape index (κ3) is 3.52. The number of nitrogens with one attached hydrogen (secondary N) is 1. The van der Waals surface area contributed by atoms with Gasteiger partial charge in [-0.3, -0.25) is 0 Å². The van der Waals surface area contributed by atoms with Crippen molar-refractivity contribution < 1.29 is 27.1 Å². The first-order chi connectivity index (χ1) is 8.04. The smallest absolute Gasteiger partial charge is 0.407 e. The number of sulfonamides is 1. The van der Waals surface area contributed by atoms with E-state index in [9.17, 15) is 22.0 Å². The van der Waals surface area contributed by atoms with Crippen LogP contribution in [0.3, 0.4) is 0 Å². The maximum absolute atomic E-state index is 13.8. The molecule has 0 spiro atoms. The molecule has 0 aromatic rings. The molecule has 9 heteroatoms. The summed E-state index contributed by atoms with van der Waals surface area (Å²) in [4.78, 5) is 11.7. The van der Waals surface area contributed by atoms with Crippen LogP contribution in [-0.2, 0) is 10.0 Å². The summed E-state index contributed by atoms with van der Waals surface area (Å²) in [5.74, 6) is -5.59. The lowest BCUT2D eigenvalue weighted by Gasteiger charge is -2.41. The molecule has 2 atom stereocenters. The highest BCUT2D eigenvalue weighted by Gasteiger charge is 2.50. The number of alkyl halides is 2. The molecule has 0 bridgehead atoms. The topological polar surface area (TPSA) is 86.7 Å². The van der Waals surface area contributed by atoms with Crippen LogP contribution in [0.1, 0.15) is 6.92 Å². The van der Waals surface area contributed by atoms with E-state index in [0.29, 0.717) is 0 Å². The quantitative estimate of drug-likeness (QED) is 0.787. The van der Waals surface area contributed by atoms with Gasteiger partial charge in [0, 0.05) is 25.6 Å². The molecule has 106 valence electrons. The Kier molecular flexibility index (Phi) is 4.16. The highest BCUT2D eigenvalue weighted by Crippen LogP contribution is 2.37. The molecule has 1 amide bonds. The van der Waals surface area contributed by atoms with Crippen molar-refractivity contribution >= 4 is 16.1 Å². The van der Waals surface area contributed by atoms with Crippen LogP contribution in [0, 0.1) is 11.8 Å². The standard InChI is InChI=1S/C9H16F2N2O4S/c1-6-4-13(8(14)15)5-7(9(6,10)11)3-12-18(2,16)17/h6-7,12H,3-5H2,1-2H3,(H,14,15)/t6?,7-/m1/s1. The maximum atomic E-state index is 13.8. The summed E-state index contributed by atoms with van der Waals surface area (Å²) < 4.78 is 51.4. The normalized spacial score (nSPS) is 28.1. The van der Waals surface area contributed by atoms with E-state index < -0.39 is 40.4 Å². The van der Waals surface area contributed by atoms with E-state index in [1.807, 2.05) is 4.72 Å². The summed E-state index contributed by atoms with van der Waals surface area (Å²) in [6, 6.07) is 0. The SMILES string of the molecule is CC1CN(C(=O)O)C[C@@H](CNS(C)(=O)=O)C1(F)F. The Morgan fingerprint density at radius 2 is 2.06 bits per heavy atom. The van der Waals surface area contributed by atoms with Gasteiger partial charge in [-0.1, -0.05) is 6.92 Å². The van der Waals surface area contributed by atoms with Gasteiger partial charge in [-0.2, -0.15) is 0 Å². The van der Waals surface area contributed by atoms with E-state index in [1.165, 1.54) is 6.92 Å². The fourth-order valence-corrected chi connectivity index (χ4v) is 2.43. The summed E-state index contributed by atoms with van der Waals surface area (Å²) in [5.41, 5.74) is 0. The molecule has 0 aromatic heterocycles. The van der Waals surface area contributed by atoms with E-state index in [2.05, 4.69) is 0 Å². The number of piperidine rings is 1. The molecule has 1 rings (SSSR count). The maximum Gasteiger partial charge on any atom is 0.407 e. The zero-order valence-corrected chi connectivity index (χ0v) is 10.9. The van der Waals surface area contributed by atoms with Crippen molar-refractivity contribution in [2.45, 2.75) is 12.8 Å². The van der Waals surface area contributed by atoms with Crippen LogP contribution in [0.15, 0.2) is 0 Å². The van der Waals surface area contributed by atoms with Crippen LogP contribution in [-0.4, -0.2) is 56.3 Å². The van der Waals surface area contributed by atoms with Gasteiger partial charge in [0.15, 0.2) is 0 Å². The predicted octanol–water partition coefficient (Wildman–Crippen LogP) is 0.417. The lowest BCUT2D eigenvalue weighted by atomic mass is 9.86. The van der Waals surface area contributed by atoms with E-state index in [1.54, 1.807) is 0 Å². The largest absolute Gasteiger partial charge is 0.465 e. The monoisotopic (exact) mass is 286 g/mol. The van der Waals surface area contributed by atoms with Gasteiger partial charge in [0.2, 0.25) is 10.0 Å². The van der Waals surface area contributed by atoms with Crippen molar-refractivity contribution in [1.82, 2.24) is 9.62 Å². The molecular formula is C9H16F2N2O4S. The predicted molar refractivity (Wildman–Crippen MR) is 60.0 cm³/mol. The average molecular weight is 286 g/mol. The number of carbonyl (C=O) groups is 1. The third-order valence-electron chi connectivity index (χ3n) is 3.00. The number of likely N-dealkylation sites (tertiary alicyclic amines) is 1. The minimum absolute atomic E-state index is 0.252. The van der Waals surface area contributed by atoms with Crippen molar-refractivity contribution in [3.63, 3.8) is 0 Å². The van der Waals surface area contributed by atoms with Gasteiger partial charge >= 0.3 is 6.09 Å². The number of carboxylic acid groups (broad SMARTS) is 1. The molecule has 1 unspecified atom stereocenters. The minimum atomic E-state index is -3.58.